The molecule has 0 aliphatic rings. The molecular weight excluding hydrogens is 324 g/mol. The summed E-state index contributed by atoms with van der Waals surface area (Å²) >= 11 is 4.46. The largest absolute Gasteiger partial charge is 0.480 e. The smallest absolute Gasteiger partial charge is 0.326 e. The third kappa shape index (κ3) is 3.81. The average molecular weight is 335 g/mol. The standard InChI is InChI=1S/C10H11BrN2O4S/c1-4-2-6(18-8(4)11)9(15)13-5(10(16)17)3-7(12)14/h2,5H,3H2,1H3,(H2,12,14)(H,13,15)(H,16,17)/t5-/m0/s1. The molecule has 2 amide bonds. The molecule has 0 spiro atoms. The van der Waals surface area contributed by atoms with E-state index in [2.05, 4.69) is 21.2 Å². The maximum atomic E-state index is 11.8. The number of hydrogen-bond acceptors (Lipinski definition) is 4. The Kier molecular flexibility index (Phi) is 4.85. The van der Waals surface area contributed by atoms with Gasteiger partial charge in [0.2, 0.25) is 5.91 Å². The summed E-state index contributed by atoms with van der Waals surface area (Å²) in [5.74, 6) is -2.62. The fourth-order valence-corrected chi connectivity index (χ4v) is 2.64. The number of carboxylic acid groups (broad SMARTS) is 1. The van der Waals surface area contributed by atoms with E-state index in [1.807, 2.05) is 6.92 Å². The summed E-state index contributed by atoms with van der Waals surface area (Å²) in [5, 5.41) is 11.1. The molecule has 0 unspecified atom stereocenters. The molecule has 1 rings (SSSR count). The summed E-state index contributed by atoms with van der Waals surface area (Å²) in [6.07, 6.45) is -0.438. The van der Waals surface area contributed by atoms with Crippen molar-refractivity contribution in [2.45, 2.75) is 19.4 Å². The van der Waals surface area contributed by atoms with E-state index in [-0.39, 0.29) is 0 Å². The zero-order valence-electron chi connectivity index (χ0n) is 9.40. The van der Waals surface area contributed by atoms with Gasteiger partial charge in [-0.05, 0) is 34.5 Å². The summed E-state index contributed by atoms with van der Waals surface area (Å²) < 4.78 is 0.800. The van der Waals surface area contributed by atoms with E-state index >= 15 is 0 Å². The van der Waals surface area contributed by atoms with Gasteiger partial charge in [0.05, 0.1) is 15.1 Å². The van der Waals surface area contributed by atoms with Crippen molar-refractivity contribution in [3.63, 3.8) is 0 Å². The fraction of sp³-hybridized carbons (Fsp3) is 0.300. The number of carboxylic acids is 1. The van der Waals surface area contributed by atoms with Gasteiger partial charge < -0.3 is 16.2 Å². The van der Waals surface area contributed by atoms with Crippen LogP contribution in [0.15, 0.2) is 9.85 Å². The van der Waals surface area contributed by atoms with Gasteiger partial charge in [0.15, 0.2) is 0 Å². The molecule has 0 aliphatic carbocycles. The number of halogens is 1. The molecule has 0 radical (unpaired) electrons. The van der Waals surface area contributed by atoms with Crippen LogP contribution in [-0.4, -0.2) is 28.9 Å². The molecular formula is C10H11BrN2O4S. The summed E-state index contributed by atoms with van der Waals surface area (Å²) in [7, 11) is 0. The van der Waals surface area contributed by atoms with Gasteiger partial charge in [-0.3, -0.25) is 9.59 Å². The number of aryl methyl sites for hydroxylation is 1. The fourth-order valence-electron chi connectivity index (χ4n) is 1.20. The number of thiophene rings is 1. The van der Waals surface area contributed by atoms with E-state index in [1.54, 1.807) is 6.07 Å². The van der Waals surface area contributed by atoms with Gasteiger partial charge in [-0.15, -0.1) is 11.3 Å². The van der Waals surface area contributed by atoms with Gasteiger partial charge in [0.25, 0.3) is 5.91 Å². The lowest BCUT2D eigenvalue weighted by Crippen LogP contribution is -2.43. The highest BCUT2D eigenvalue weighted by molar-refractivity contribution is 9.11. The molecule has 98 valence electrons. The summed E-state index contributed by atoms with van der Waals surface area (Å²) in [6.45, 7) is 1.81. The van der Waals surface area contributed by atoms with Crippen LogP contribution in [-0.2, 0) is 9.59 Å². The highest BCUT2D eigenvalue weighted by Crippen LogP contribution is 2.27. The third-order valence-corrected chi connectivity index (χ3v) is 4.23. The van der Waals surface area contributed by atoms with Crippen LogP contribution in [0.5, 0.6) is 0 Å². The first-order valence-corrected chi connectivity index (χ1v) is 6.50. The second-order valence-electron chi connectivity index (χ2n) is 3.60. The number of nitrogens with two attached hydrogens (primary N) is 1. The number of hydrogen-bond donors (Lipinski definition) is 3. The second kappa shape index (κ2) is 5.96. The molecule has 8 heteroatoms. The van der Waals surface area contributed by atoms with E-state index in [9.17, 15) is 14.4 Å². The Morgan fingerprint density at radius 3 is 2.56 bits per heavy atom. The van der Waals surface area contributed by atoms with Gasteiger partial charge in [0.1, 0.15) is 6.04 Å². The van der Waals surface area contributed by atoms with Gasteiger partial charge in [-0.25, -0.2) is 4.79 Å². The number of carbonyl (C=O) groups excluding carboxylic acids is 2. The normalized spacial score (nSPS) is 11.9. The first-order valence-electron chi connectivity index (χ1n) is 4.89. The molecule has 0 fully saturated rings. The van der Waals surface area contributed by atoms with Crippen LogP contribution in [0, 0.1) is 6.92 Å². The van der Waals surface area contributed by atoms with E-state index in [0.29, 0.717) is 4.88 Å². The maximum absolute atomic E-state index is 11.8. The average Bonchev–Trinajstić information content (AvgIpc) is 2.57. The van der Waals surface area contributed by atoms with Crippen LogP contribution in [0.4, 0.5) is 0 Å². The molecule has 18 heavy (non-hydrogen) atoms. The van der Waals surface area contributed by atoms with E-state index in [4.69, 9.17) is 10.8 Å². The van der Waals surface area contributed by atoms with Crippen molar-refractivity contribution >= 4 is 45.1 Å². The highest BCUT2D eigenvalue weighted by atomic mass is 79.9. The van der Waals surface area contributed by atoms with Crippen LogP contribution < -0.4 is 11.1 Å². The van der Waals surface area contributed by atoms with Crippen LogP contribution in [0.25, 0.3) is 0 Å². The SMILES string of the molecule is Cc1cc(C(=O)N[C@@H](CC(N)=O)C(=O)O)sc1Br. The molecule has 0 saturated heterocycles. The van der Waals surface area contributed by atoms with Crippen molar-refractivity contribution in [3.8, 4) is 0 Å². The molecule has 1 heterocycles. The van der Waals surface area contributed by atoms with Crippen molar-refractivity contribution in [1.82, 2.24) is 5.32 Å². The first kappa shape index (κ1) is 14.7. The predicted molar refractivity (Wildman–Crippen MR) is 69.5 cm³/mol. The van der Waals surface area contributed by atoms with Crippen LogP contribution >= 0.6 is 27.3 Å². The van der Waals surface area contributed by atoms with Crippen molar-refractivity contribution in [1.29, 1.82) is 0 Å². The molecule has 0 bridgehead atoms. The topological polar surface area (TPSA) is 109 Å². The maximum Gasteiger partial charge on any atom is 0.326 e. The second-order valence-corrected chi connectivity index (χ2v) is 5.97. The lowest BCUT2D eigenvalue weighted by atomic mass is 10.2. The van der Waals surface area contributed by atoms with E-state index < -0.39 is 30.2 Å². The number of amides is 2. The minimum absolute atomic E-state index is 0.370. The molecule has 1 atom stereocenters. The minimum Gasteiger partial charge on any atom is -0.480 e. The molecule has 6 nitrogen and oxygen atoms in total. The zero-order valence-corrected chi connectivity index (χ0v) is 11.8. The molecule has 1 aromatic heterocycles. The Labute approximate surface area is 115 Å². The van der Waals surface area contributed by atoms with Gasteiger partial charge in [0, 0.05) is 0 Å². The van der Waals surface area contributed by atoms with E-state index in [0.717, 1.165) is 9.35 Å². The summed E-state index contributed by atoms with van der Waals surface area (Å²) in [5.41, 5.74) is 5.80. The minimum atomic E-state index is -1.31. The van der Waals surface area contributed by atoms with Crippen molar-refractivity contribution in [2.24, 2.45) is 5.73 Å². The van der Waals surface area contributed by atoms with Crippen LogP contribution in [0.1, 0.15) is 21.7 Å². The van der Waals surface area contributed by atoms with Gasteiger partial charge in [-0.2, -0.15) is 0 Å². The lowest BCUT2D eigenvalue weighted by Gasteiger charge is -2.11. The van der Waals surface area contributed by atoms with Crippen LogP contribution in [0.3, 0.4) is 0 Å². The molecule has 4 N–H and O–H groups in total. The number of primary amides is 1. The van der Waals surface area contributed by atoms with Crippen molar-refractivity contribution in [2.75, 3.05) is 0 Å². The third-order valence-electron chi connectivity index (χ3n) is 2.09. The van der Waals surface area contributed by atoms with Crippen molar-refractivity contribution in [3.05, 3.63) is 20.3 Å². The Morgan fingerprint density at radius 1 is 1.56 bits per heavy atom. The van der Waals surface area contributed by atoms with Gasteiger partial charge in [-0.1, -0.05) is 0 Å². The number of aliphatic carboxylic acids is 1. The number of carbonyl (C=O) groups is 3. The molecule has 0 aliphatic heterocycles. The Bertz CT molecular complexity index is 481. The van der Waals surface area contributed by atoms with E-state index in [1.165, 1.54) is 11.3 Å². The molecule has 1 aromatic rings. The molecule has 0 saturated carbocycles. The van der Waals surface area contributed by atoms with Crippen LogP contribution in [0.2, 0.25) is 0 Å². The Balaban J connectivity index is 2.78. The zero-order chi connectivity index (χ0) is 13.9. The lowest BCUT2D eigenvalue weighted by molar-refractivity contribution is -0.140. The number of nitrogens with one attached hydrogen (secondary N) is 1. The quantitative estimate of drug-likeness (QED) is 0.742. The summed E-state index contributed by atoms with van der Waals surface area (Å²) in [4.78, 5) is 33.7. The van der Waals surface area contributed by atoms with Gasteiger partial charge >= 0.3 is 5.97 Å². The highest BCUT2D eigenvalue weighted by Gasteiger charge is 2.23. The summed E-state index contributed by atoms with van der Waals surface area (Å²) in [6, 6.07) is 0.323. The Hall–Kier alpha value is -1.41. The monoisotopic (exact) mass is 334 g/mol. The first-order chi connectivity index (χ1) is 8.31. The Morgan fingerprint density at radius 2 is 2.17 bits per heavy atom. The predicted octanol–water partition coefficient (Wildman–Crippen LogP) is 0.877. The molecule has 0 aromatic carbocycles. The number of rotatable bonds is 5. The van der Waals surface area contributed by atoms with Crippen molar-refractivity contribution < 1.29 is 19.5 Å².